The molecule has 1 amide bonds. The van der Waals surface area contributed by atoms with E-state index in [-0.39, 0.29) is 26.1 Å². The van der Waals surface area contributed by atoms with E-state index in [1.165, 1.54) is 0 Å². The van der Waals surface area contributed by atoms with Gasteiger partial charge in [-0.2, -0.15) is 13.2 Å². The molecule has 2 aromatic rings. The number of likely N-dealkylation sites (tertiary alicyclic amines) is 1. The zero-order valence-corrected chi connectivity index (χ0v) is 16.7. The van der Waals surface area contributed by atoms with Crippen molar-refractivity contribution in [2.24, 2.45) is 5.41 Å². The van der Waals surface area contributed by atoms with Crippen LogP contribution in [0, 0.1) is 5.41 Å². The van der Waals surface area contributed by atoms with Gasteiger partial charge >= 0.3 is 6.18 Å². The van der Waals surface area contributed by atoms with Gasteiger partial charge in [-0.1, -0.05) is 42.5 Å². The minimum atomic E-state index is -4.60. The molecule has 7 heteroatoms. The molecule has 0 radical (unpaired) electrons. The van der Waals surface area contributed by atoms with Crippen molar-refractivity contribution in [3.63, 3.8) is 0 Å². The predicted octanol–water partition coefficient (Wildman–Crippen LogP) is 3.82. The van der Waals surface area contributed by atoms with E-state index in [2.05, 4.69) is 5.32 Å². The van der Waals surface area contributed by atoms with Crippen molar-refractivity contribution in [1.82, 2.24) is 10.2 Å². The van der Waals surface area contributed by atoms with Crippen LogP contribution in [0.2, 0.25) is 0 Å². The highest BCUT2D eigenvalue weighted by Crippen LogP contribution is 2.46. The molecule has 156 valence electrons. The molecule has 0 bridgehead atoms. The summed E-state index contributed by atoms with van der Waals surface area (Å²) in [5.74, 6) is -0.948. The van der Waals surface area contributed by atoms with Gasteiger partial charge in [0.25, 0.3) is 0 Å². The summed E-state index contributed by atoms with van der Waals surface area (Å²) in [4.78, 5) is 16.3. The van der Waals surface area contributed by atoms with Gasteiger partial charge in [0, 0.05) is 39.4 Å². The molecule has 1 atom stereocenters. The molecule has 0 spiro atoms. The molecular formula is C22H26F3N3O. The van der Waals surface area contributed by atoms with Crippen LogP contribution in [0.5, 0.6) is 0 Å². The Kier molecular flexibility index (Phi) is 6.17. The van der Waals surface area contributed by atoms with E-state index >= 15 is 0 Å². The molecule has 1 aliphatic rings. The summed E-state index contributed by atoms with van der Waals surface area (Å²) in [6.07, 6.45) is -4.83. The van der Waals surface area contributed by atoms with Gasteiger partial charge in [-0.25, -0.2) is 0 Å². The number of anilines is 1. The number of hydrogen-bond donors (Lipinski definition) is 1. The Hall–Kier alpha value is -2.54. The number of nitrogens with one attached hydrogen (secondary N) is 1. The van der Waals surface area contributed by atoms with E-state index in [1.54, 1.807) is 11.0 Å². The Bertz CT molecular complexity index is 839. The van der Waals surface area contributed by atoms with Crippen LogP contribution in [-0.2, 0) is 17.9 Å². The van der Waals surface area contributed by atoms with Crippen LogP contribution in [0.4, 0.5) is 18.9 Å². The molecule has 0 aliphatic carbocycles. The number of halogens is 3. The summed E-state index contributed by atoms with van der Waals surface area (Å²) in [5, 5.41) is 2.53. The number of carbonyl (C=O) groups is 1. The molecule has 1 aliphatic heterocycles. The van der Waals surface area contributed by atoms with Crippen LogP contribution in [0.15, 0.2) is 54.6 Å². The van der Waals surface area contributed by atoms with Crippen molar-refractivity contribution in [2.75, 3.05) is 32.1 Å². The second-order valence-electron chi connectivity index (χ2n) is 7.77. The highest BCUT2D eigenvalue weighted by atomic mass is 19.4. The first-order valence-corrected chi connectivity index (χ1v) is 9.59. The van der Waals surface area contributed by atoms with Crippen molar-refractivity contribution < 1.29 is 18.0 Å². The van der Waals surface area contributed by atoms with Gasteiger partial charge in [0.05, 0.1) is 0 Å². The predicted molar refractivity (Wildman–Crippen MR) is 107 cm³/mol. The SMILES string of the molecule is CN(C)c1cccc(CNC(=O)C2(C(F)(F)F)CCN(Cc3ccccc3)C2)c1. The van der Waals surface area contributed by atoms with Crippen LogP contribution in [0.3, 0.4) is 0 Å². The smallest absolute Gasteiger partial charge is 0.378 e. The minimum absolute atomic E-state index is 0.0665. The standard InChI is InChI=1S/C22H26F3N3O/c1-27(2)19-10-6-9-18(13-19)14-26-20(29)21(22(23,24)25)11-12-28(16-21)15-17-7-4-3-5-8-17/h3-10,13H,11-12,14-16H2,1-2H3,(H,26,29). The topological polar surface area (TPSA) is 35.6 Å². The maximum atomic E-state index is 14.0. The molecule has 4 nitrogen and oxygen atoms in total. The summed E-state index contributed by atoms with van der Waals surface area (Å²) < 4.78 is 41.9. The number of carbonyl (C=O) groups excluding carboxylic acids is 1. The van der Waals surface area contributed by atoms with E-state index in [1.807, 2.05) is 67.5 Å². The lowest BCUT2D eigenvalue weighted by atomic mass is 9.85. The number of amides is 1. The number of benzene rings is 2. The lowest BCUT2D eigenvalue weighted by Gasteiger charge is -2.30. The third kappa shape index (κ3) is 4.72. The molecule has 0 aromatic heterocycles. The van der Waals surface area contributed by atoms with Gasteiger partial charge in [0.15, 0.2) is 5.41 Å². The monoisotopic (exact) mass is 405 g/mol. The van der Waals surface area contributed by atoms with Gasteiger partial charge in [-0.15, -0.1) is 0 Å². The van der Waals surface area contributed by atoms with Crippen LogP contribution in [0.1, 0.15) is 17.5 Å². The Labute approximate surface area is 169 Å². The highest BCUT2D eigenvalue weighted by molar-refractivity contribution is 5.84. The Morgan fingerprint density at radius 1 is 1.10 bits per heavy atom. The van der Waals surface area contributed by atoms with Crippen LogP contribution in [-0.4, -0.2) is 44.2 Å². The van der Waals surface area contributed by atoms with Crippen LogP contribution in [0.25, 0.3) is 0 Å². The molecule has 29 heavy (non-hydrogen) atoms. The Morgan fingerprint density at radius 3 is 2.45 bits per heavy atom. The van der Waals surface area contributed by atoms with Crippen molar-refractivity contribution in [1.29, 1.82) is 0 Å². The third-order valence-corrected chi connectivity index (χ3v) is 5.45. The third-order valence-electron chi connectivity index (χ3n) is 5.45. The second-order valence-corrected chi connectivity index (χ2v) is 7.77. The molecule has 2 aromatic carbocycles. The first-order valence-electron chi connectivity index (χ1n) is 9.59. The van der Waals surface area contributed by atoms with Gasteiger partial charge < -0.3 is 10.2 Å². The molecular weight excluding hydrogens is 379 g/mol. The molecule has 3 rings (SSSR count). The minimum Gasteiger partial charge on any atom is -0.378 e. The Morgan fingerprint density at radius 2 is 1.79 bits per heavy atom. The largest absolute Gasteiger partial charge is 0.404 e. The van der Waals surface area contributed by atoms with Crippen molar-refractivity contribution >= 4 is 11.6 Å². The van der Waals surface area contributed by atoms with E-state index in [0.717, 1.165) is 16.8 Å². The van der Waals surface area contributed by atoms with Crippen LogP contribution < -0.4 is 10.2 Å². The fraction of sp³-hybridized carbons (Fsp3) is 0.409. The van der Waals surface area contributed by atoms with E-state index in [9.17, 15) is 18.0 Å². The van der Waals surface area contributed by atoms with Gasteiger partial charge in [0.1, 0.15) is 0 Å². The fourth-order valence-corrected chi connectivity index (χ4v) is 3.71. The van der Waals surface area contributed by atoms with E-state index in [0.29, 0.717) is 6.54 Å². The van der Waals surface area contributed by atoms with Gasteiger partial charge in [0.2, 0.25) is 5.91 Å². The number of hydrogen-bond acceptors (Lipinski definition) is 3. The first kappa shape index (κ1) is 21.2. The quantitative estimate of drug-likeness (QED) is 0.794. The van der Waals surface area contributed by atoms with Crippen molar-refractivity contribution in [3.8, 4) is 0 Å². The summed E-state index contributed by atoms with van der Waals surface area (Å²) >= 11 is 0. The Balaban J connectivity index is 1.70. The average molecular weight is 405 g/mol. The molecule has 1 heterocycles. The zero-order chi connectivity index (χ0) is 21.1. The highest BCUT2D eigenvalue weighted by Gasteiger charge is 2.62. The van der Waals surface area contributed by atoms with Gasteiger partial charge in [-0.05, 0) is 36.2 Å². The van der Waals surface area contributed by atoms with E-state index < -0.39 is 17.5 Å². The van der Waals surface area contributed by atoms with E-state index in [4.69, 9.17) is 0 Å². The number of nitrogens with zero attached hydrogens (tertiary/aromatic N) is 2. The molecule has 1 saturated heterocycles. The number of alkyl halides is 3. The number of rotatable bonds is 6. The molecule has 1 unspecified atom stereocenters. The summed E-state index contributed by atoms with van der Waals surface area (Å²) in [5.41, 5.74) is 0.255. The van der Waals surface area contributed by atoms with Crippen molar-refractivity contribution in [3.05, 3.63) is 65.7 Å². The summed E-state index contributed by atoms with van der Waals surface area (Å²) in [7, 11) is 3.77. The average Bonchev–Trinajstić information content (AvgIpc) is 3.12. The lowest BCUT2D eigenvalue weighted by molar-refractivity contribution is -0.218. The summed E-state index contributed by atoms with van der Waals surface area (Å²) in [6, 6.07) is 16.7. The van der Waals surface area contributed by atoms with Gasteiger partial charge in [-0.3, -0.25) is 9.69 Å². The lowest BCUT2D eigenvalue weighted by Crippen LogP contribution is -2.52. The van der Waals surface area contributed by atoms with Crippen LogP contribution >= 0.6 is 0 Å². The summed E-state index contributed by atoms with van der Waals surface area (Å²) in [6.45, 7) is 0.376. The molecule has 0 saturated carbocycles. The molecule has 1 N–H and O–H groups in total. The normalized spacial score (nSPS) is 19.9. The zero-order valence-electron chi connectivity index (χ0n) is 16.7. The second kappa shape index (κ2) is 8.45. The molecule has 1 fully saturated rings. The maximum Gasteiger partial charge on any atom is 0.404 e. The first-order chi connectivity index (χ1) is 13.7. The van der Waals surface area contributed by atoms with Crippen molar-refractivity contribution in [2.45, 2.75) is 25.7 Å². The fourth-order valence-electron chi connectivity index (χ4n) is 3.71. The maximum absolute atomic E-state index is 14.0.